The average Bonchev–Trinajstić information content (AvgIpc) is 3.32. The molecule has 0 aliphatic carbocycles. The number of likely N-dealkylation sites (tertiary alicyclic amines) is 1. The van der Waals surface area contributed by atoms with Gasteiger partial charge in [0.15, 0.2) is 0 Å². The summed E-state index contributed by atoms with van der Waals surface area (Å²) in [6, 6.07) is 6.69. The summed E-state index contributed by atoms with van der Waals surface area (Å²) in [4.78, 5) is 42.8. The molecule has 164 valence electrons. The summed E-state index contributed by atoms with van der Waals surface area (Å²) < 4.78 is 5.45. The zero-order valence-electron chi connectivity index (χ0n) is 18.0. The van der Waals surface area contributed by atoms with Crippen molar-refractivity contribution in [3.8, 4) is 11.4 Å². The van der Waals surface area contributed by atoms with Gasteiger partial charge in [0, 0.05) is 31.4 Å². The lowest BCUT2D eigenvalue weighted by molar-refractivity contribution is -0.131. The number of aromatic nitrogens is 4. The molecule has 1 aromatic heterocycles. The zero-order valence-corrected chi connectivity index (χ0v) is 18.0. The number of benzene rings is 1. The molecule has 0 atom stereocenters. The SMILES string of the molecule is CN1C(=O)N(c2ccc(-c3nn[nH]n3)cc2)C2(CCN(C(=O)OC(C)(C)C)CC2)C1=O. The van der Waals surface area contributed by atoms with Crippen molar-refractivity contribution < 1.29 is 19.1 Å². The molecule has 2 fully saturated rings. The van der Waals surface area contributed by atoms with E-state index >= 15 is 0 Å². The summed E-state index contributed by atoms with van der Waals surface area (Å²) >= 11 is 0. The number of carbonyl (C=O) groups is 3. The minimum absolute atomic E-state index is 0.261. The van der Waals surface area contributed by atoms with Crippen LogP contribution in [-0.4, -0.2) is 79.7 Å². The summed E-state index contributed by atoms with van der Waals surface area (Å²) in [5.74, 6) is 0.177. The van der Waals surface area contributed by atoms with Crippen molar-refractivity contribution in [2.24, 2.45) is 0 Å². The standard InChI is InChI=1S/C20H25N7O4/c1-19(2,3)31-18(30)26-11-9-20(10-12-26)16(28)25(4)17(29)27(20)14-7-5-13(6-8-14)15-21-23-24-22-15/h5-8H,9-12H2,1-4H3,(H,21,22,23,24). The Morgan fingerprint density at radius 2 is 1.77 bits per heavy atom. The number of anilines is 1. The number of amides is 4. The maximum absolute atomic E-state index is 13.1. The molecule has 1 N–H and O–H groups in total. The molecule has 3 heterocycles. The highest BCUT2D eigenvalue weighted by molar-refractivity contribution is 6.16. The van der Waals surface area contributed by atoms with Crippen LogP contribution in [0.3, 0.4) is 0 Å². The number of hydrogen-bond donors (Lipinski definition) is 1. The highest BCUT2D eigenvalue weighted by Gasteiger charge is 2.58. The van der Waals surface area contributed by atoms with E-state index in [2.05, 4.69) is 20.6 Å². The zero-order chi connectivity index (χ0) is 22.4. The molecule has 0 radical (unpaired) electrons. The molecule has 0 unspecified atom stereocenters. The molecule has 1 spiro atoms. The number of tetrazole rings is 1. The second-order valence-corrected chi connectivity index (χ2v) is 8.76. The molecule has 31 heavy (non-hydrogen) atoms. The molecule has 11 nitrogen and oxygen atoms in total. The minimum Gasteiger partial charge on any atom is -0.444 e. The number of ether oxygens (including phenoxy) is 1. The number of H-pyrrole nitrogens is 1. The first-order valence-corrected chi connectivity index (χ1v) is 10.1. The van der Waals surface area contributed by atoms with E-state index in [1.165, 1.54) is 7.05 Å². The van der Waals surface area contributed by atoms with Crippen molar-refractivity contribution in [3.05, 3.63) is 24.3 Å². The maximum Gasteiger partial charge on any atom is 0.410 e. The predicted molar refractivity (Wildman–Crippen MR) is 110 cm³/mol. The quantitative estimate of drug-likeness (QED) is 0.727. The number of imide groups is 1. The van der Waals surface area contributed by atoms with E-state index in [1.54, 1.807) is 34.1 Å². The number of likely N-dealkylation sites (N-methyl/N-ethyl adjacent to an activating group) is 1. The first-order chi connectivity index (χ1) is 14.6. The van der Waals surface area contributed by atoms with Crippen LogP contribution >= 0.6 is 0 Å². The summed E-state index contributed by atoms with van der Waals surface area (Å²) in [5.41, 5.74) is -0.297. The van der Waals surface area contributed by atoms with Crippen LogP contribution in [0.1, 0.15) is 33.6 Å². The molecule has 2 saturated heterocycles. The van der Waals surface area contributed by atoms with Crippen molar-refractivity contribution in [1.82, 2.24) is 30.4 Å². The van der Waals surface area contributed by atoms with Gasteiger partial charge in [-0.2, -0.15) is 5.21 Å². The van der Waals surface area contributed by atoms with Crippen LogP contribution in [0, 0.1) is 0 Å². The molecule has 4 amide bonds. The Hall–Kier alpha value is -3.50. The first-order valence-electron chi connectivity index (χ1n) is 10.1. The third-order valence-electron chi connectivity index (χ3n) is 5.58. The van der Waals surface area contributed by atoms with Gasteiger partial charge in [-0.15, -0.1) is 10.2 Å². The summed E-state index contributed by atoms with van der Waals surface area (Å²) in [5, 5.41) is 13.8. The second-order valence-electron chi connectivity index (χ2n) is 8.76. The van der Waals surface area contributed by atoms with Crippen LogP contribution < -0.4 is 4.90 Å². The molecule has 2 aliphatic heterocycles. The lowest BCUT2D eigenvalue weighted by atomic mass is 9.85. The number of rotatable bonds is 2. The van der Waals surface area contributed by atoms with Crippen LogP contribution in [0.25, 0.3) is 11.4 Å². The van der Waals surface area contributed by atoms with Gasteiger partial charge in [0.05, 0.1) is 0 Å². The largest absolute Gasteiger partial charge is 0.444 e. The fourth-order valence-electron chi connectivity index (χ4n) is 4.05. The van der Waals surface area contributed by atoms with Gasteiger partial charge in [0.25, 0.3) is 5.91 Å². The summed E-state index contributed by atoms with van der Waals surface area (Å²) in [7, 11) is 1.49. The number of carbonyl (C=O) groups excluding carboxylic acids is 3. The Labute approximate surface area is 179 Å². The van der Waals surface area contributed by atoms with Crippen LogP contribution in [0.5, 0.6) is 0 Å². The number of hydrogen-bond acceptors (Lipinski definition) is 7. The number of aromatic amines is 1. The molecule has 0 bridgehead atoms. The number of urea groups is 1. The van der Waals surface area contributed by atoms with Gasteiger partial charge in [-0.1, -0.05) is 0 Å². The minimum atomic E-state index is -1.03. The van der Waals surface area contributed by atoms with Gasteiger partial charge in [-0.05, 0) is 63.1 Å². The monoisotopic (exact) mass is 427 g/mol. The van der Waals surface area contributed by atoms with E-state index in [1.807, 2.05) is 20.8 Å². The van der Waals surface area contributed by atoms with Crippen LogP contribution in [-0.2, 0) is 9.53 Å². The smallest absolute Gasteiger partial charge is 0.410 e. The molecule has 2 aromatic rings. The van der Waals surface area contributed by atoms with Crippen molar-refractivity contribution in [2.45, 2.75) is 44.8 Å². The van der Waals surface area contributed by atoms with Crippen LogP contribution in [0.15, 0.2) is 24.3 Å². The number of piperidine rings is 1. The van der Waals surface area contributed by atoms with Gasteiger partial charge >= 0.3 is 12.1 Å². The molecule has 1 aromatic carbocycles. The predicted octanol–water partition coefficient (Wildman–Crippen LogP) is 2.03. The third-order valence-corrected chi connectivity index (χ3v) is 5.58. The molecule has 0 saturated carbocycles. The van der Waals surface area contributed by atoms with E-state index in [-0.39, 0.29) is 11.9 Å². The molecule has 11 heteroatoms. The maximum atomic E-state index is 13.1. The van der Waals surface area contributed by atoms with Crippen LogP contribution in [0.2, 0.25) is 0 Å². The lowest BCUT2D eigenvalue weighted by Gasteiger charge is -2.42. The Kier molecular flexibility index (Phi) is 4.91. The van der Waals surface area contributed by atoms with Crippen molar-refractivity contribution in [3.63, 3.8) is 0 Å². The normalized spacial score (nSPS) is 18.8. The van der Waals surface area contributed by atoms with Gasteiger partial charge in [0.2, 0.25) is 5.82 Å². The highest BCUT2D eigenvalue weighted by atomic mass is 16.6. The van der Waals surface area contributed by atoms with Crippen LogP contribution in [0.4, 0.5) is 15.3 Å². The number of nitrogens with one attached hydrogen (secondary N) is 1. The van der Waals surface area contributed by atoms with Gasteiger partial charge in [-0.25, -0.2) is 9.59 Å². The van der Waals surface area contributed by atoms with Gasteiger partial charge in [0.1, 0.15) is 11.1 Å². The molecular weight excluding hydrogens is 402 g/mol. The summed E-state index contributed by atoms with van der Waals surface area (Å²) in [6.07, 6.45) is 0.241. The first kappa shape index (κ1) is 20.8. The Morgan fingerprint density at radius 1 is 1.13 bits per heavy atom. The fourth-order valence-corrected chi connectivity index (χ4v) is 4.05. The fraction of sp³-hybridized carbons (Fsp3) is 0.500. The van der Waals surface area contributed by atoms with E-state index in [4.69, 9.17) is 4.74 Å². The average molecular weight is 427 g/mol. The van der Waals surface area contributed by atoms with E-state index in [9.17, 15) is 14.4 Å². The van der Waals surface area contributed by atoms with Gasteiger partial charge < -0.3 is 9.64 Å². The lowest BCUT2D eigenvalue weighted by Crippen LogP contribution is -2.58. The number of nitrogens with zero attached hydrogens (tertiary/aromatic N) is 6. The second kappa shape index (κ2) is 7.33. The van der Waals surface area contributed by atoms with Crippen molar-refractivity contribution >= 4 is 23.7 Å². The van der Waals surface area contributed by atoms with Crippen molar-refractivity contribution in [1.29, 1.82) is 0 Å². The Morgan fingerprint density at radius 3 is 2.32 bits per heavy atom. The van der Waals surface area contributed by atoms with E-state index in [0.29, 0.717) is 37.4 Å². The molecule has 4 rings (SSSR count). The molecule has 2 aliphatic rings. The third kappa shape index (κ3) is 3.60. The Balaban J connectivity index is 1.58. The highest BCUT2D eigenvalue weighted by Crippen LogP contribution is 2.40. The summed E-state index contributed by atoms with van der Waals surface area (Å²) in [6.45, 7) is 6.07. The molecular formula is C20H25N7O4. The topological polar surface area (TPSA) is 125 Å². The Bertz CT molecular complexity index is 990. The van der Waals surface area contributed by atoms with E-state index in [0.717, 1.165) is 10.5 Å². The van der Waals surface area contributed by atoms with Gasteiger partial charge in [-0.3, -0.25) is 14.6 Å². The van der Waals surface area contributed by atoms with E-state index < -0.39 is 17.2 Å². The van der Waals surface area contributed by atoms with Crippen molar-refractivity contribution in [2.75, 3.05) is 25.0 Å².